The lowest BCUT2D eigenvalue weighted by Gasteiger charge is -2.16. The van der Waals surface area contributed by atoms with E-state index >= 15 is 0 Å². The van der Waals surface area contributed by atoms with Gasteiger partial charge >= 0.3 is 0 Å². The van der Waals surface area contributed by atoms with Crippen LogP contribution in [0, 0.1) is 0 Å². The number of ether oxygens (including phenoxy) is 1. The predicted octanol–water partition coefficient (Wildman–Crippen LogP) is 6.05. The molecule has 0 aliphatic carbocycles. The number of amides is 1. The monoisotopic (exact) mass is 424 g/mol. The summed E-state index contributed by atoms with van der Waals surface area (Å²) in [6, 6.07) is 27.9. The molecule has 1 amide bonds. The Bertz CT molecular complexity index is 1190. The minimum atomic E-state index is -0.0728. The second-order valence-electron chi connectivity index (χ2n) is 7.93. The maximum atomic E-state index is 13.2. The van der Waals surface area contributed by atoms with Crippen LogP contribution in [0.15, 0.2) is 84.9 Å². The van der Waals surface area contributed by atoms with Gasteiger partial charge in [-0.3, -0.25) is 4.79 Å². The van der Waals surface area contributed by atoms with Gasteiger partial charge < -0.3 is 10.1 Å². The van der Waals surface area contributed by atoms with Crippen molar-refractivity contribution in [1.29, 1.82) is 0 Å². The Balaban J connectivity index is 1.57. The molecular weight excluding hydrogens is 396 g/mol. The van der Waals surface area contributed by atoms with Crippen molar-refractivity contribution in [1.82, 2.24) is 10.3 Å². The first kappa shape index (κ1) is 21.6. The number of rotatable bonds is 8. The van der Waals surface area contributed by atoms with Gasteiger partial charge in [-0.25, -0.2) is 4.98 Å². The SMILES string of the molecule is CCOc1ccc(-c2cc(C(=O)N[C@@H](C)CCc3ccccc3)c3ccccc3n2)cc1. The fourth-order valence-electron chi connectivity index (χ4n) is 3.80. The van der Waals surface area contributed by atoms with Gasteiger partial charge in [-0.2, -0.15) is 0 Å². The van der Waals surface area contributed by atoms with Gasteiger partial charge in [0.15, 0.2) is 0 Å². The van der Waals surface area contributed by atoms with E-state index in [2.05, 4.69) is 24.4 Å². The number of hydrogen-bond donors (Lipinski definition) is 1. The number of aryl methyl sites for hydroxylation is 1. The summed E-state index contributed by atoms with van der Waals surface area (Å²) in [6.45, 7) is 4.64. The number of para-hydroxylation sites is 1. The van der Waals surface area contributed by atoms with Crippen LogP contribution in [0.4, 0.5) is 0 Å². The fraction of sp³-hybridized carbons (Fsp3) is 0.214. The summed E-state index contributed by atoms with van der Waals surface area (Å²) in [5, 5.41) is 4.03. The first-order valence-corrected chi connectivity index (χ1v) is 11.1. The summed E-state index contributed by atoms with van der Waals surface area (Å²) in [5.41, 5.74) is 4.45. The van der Waals surface area contributed by atoms with E-state index in [1.807, 2.05) is 79.7 Å². The Morgan fingerprint density at radius 1 is 0.969 bits per heavy atom. The average Bonchev–Trinajstić information content (AvgIpc) is 2.83. The molecule has 1 N–H and O–H groups in total. The summed E-state index contributed by atoms with van der Waals surface area (Å²) in [4.78, 5) is 18.0. The van der Waals surface area contributed by atoms with Gasteiger partial charge in [-0.1, -0.05) is 48.5 Å². The average molecular weight is 425 g/mol. The second-order valence-corrected chi connectivity index (χ2v) is 7.93. The summed E-state index contributed by atoms with van der Waals surface area (Å²) in [6.07, 6.45) is 1.81. The van der Waals surface area contributed by atoms with Crippen LogP contribution in [0.5, 0.6) is 5.75 Å². The van der Waals surface area contributed by atoms with Crippen LogP contribution >= 0.6 is 0 Å². The van der Waals surface area contributed by atoms with Crippen LogP contribution in [0.25, 0.3) is 22.2 Å². The van der Waals surface area contributed by atoms with Crippen molar-refractivity contribution in [2.75, 3.05) is 6.61 Å². The lowest BCUT2D eigenvalue weighted by molar-refractivity contribution is 0.0940. The molecule has 4 aromatic rings. The maximum absolute atomic E-state index is 13.2. The lowest BCUT2D eigenvalue weighted by atomic mass is 10.0. The molecular formula is C28H28N2O2. The van der Waals surface area contributed by atoms with Crippen LogP contribution in [-0.4, -0.2) is 23.5 Å². The molecule has 1 aromatic heterocycles. The largest absolute Gasteiger partial charge is 0.494 e. The van der Waals surface area contributed by atoms with Crippen molar-refractivity contribution in [3.8, 4) is 17.0 Å². The van der Waals surface area contributed by atoms with Gasteiger partial charge in [0, 0.05) is 17.0 Å². The molecule has 4 rings (SSSR count). The third-order valence-electron chi connectivity index (χ3n) is 5.51. The van der Waals surface area contributed by atoms with E-state index in [0.717, 1.165) is 40.8 Å². The maximum Gasteiger partial charge on any atom is 0.252 e. The highest BCUT2D eigenvalue weighted by Gasteiger charge is 2.16. The van der Waals surface area contributed by atoms with Crippen molar-refractivity contribution < 1.29 is 9.53 Å². The number of carbonyl (C=O) groups is 1. The van der Waals surface area contributed by atoms with Crippen molar-refractivity contribution >= 4 is 16.8 Å². The molecule has 1 atom stereocenters. The van der Waals surface area contributed by atoms with E-state index in [9.17, 15) is 4.79 Å². The quantitative estimate of drug-likeness (QED) is 0.374. The topological polar surface area (TPSA) is 51.2 Å². The molecule has 4 heteroatoms. The molecule has 0 saturated carbocycles. The number of benzene rings is 3. The normalized spacial score (nSPS) is 11.8. The van der Waals surface area contributed by atoms with E-state index in [1.54, 1.807) is 0 Å². The smallest absolute Gasteiger partial charge is 0.252 e. The standard InChI is InChI=1S/C28H28N2O2/c1-3-32-23-17-15-22(16-18-23)27-19-25(24-11-7-8-12-26(24)30-27)28(31)29-20(2)13-14-21-9-5-4-6-10-21/h4-12,15-20H,3,13-14H2,1-2H3,(H,29,31)/t20-/m0/s1. The molecule has 0 aliphatic rings. The number of aromatic nitrogens is 1. The van der Waals surface area contributed by atoms with E-state index in [-0.39, 0.29) is 11.9 Å². The van der Waals surface area contributed by atoms with Crippen molar-refractivity contribution in [3.05, 3.63) is 96.1 Å². The minimum absolute atomic E-state index is 0.0589. The van der Waals surface area contributed by atoms with E-state index < -0.39 is 0 Å². The van der Waals surface area contributed by atoms with Crippen LogP contribution < -0.4 is 10.1 Å². The molecule has 0 aliphatic heterocycles. The van der Waals surface area contributed by atoms with Crippen molar-refractivity contribution in [3.63, 3.8) is 0 Å². The molecule has 0 radical (unpaired) electrons. The van der Waals surface area contributed by atoms with Crippen LogP contribution in [-0.2, 0) is 6.42 Å². The van der Waals surface area contributed by atoms with Crippen LogP contribution in [0.2, 0.25) is 0 Å². The molecule has 32 heavy (non-hydrogen) atoms. The third kappa shape index (κ3) is 5.14. The number of carbonyl (C=O) groups excluding carboxylic acids is 1. The highest BCUT2D eigenvalue weighted by atomic mass is 16.5. The Hall–Kier alpha value is -3.66. The van der Waals surface area contributed by atoms with E-state index in [0.29, 0.717) is 12.2 Å². The van der Waals surface area contributed by atoms with Crippen LogP contribution in [0.1, 0.15) is 36.2 Å². The summed E-state index contributed by atoms with van der Waals surface area (Å²) in [7, 11) is 0. The molecule has 3 aromatic carbocycles. The fourth-order valence-corrected chi connectivity index (χ4v) is 3.80. The van der Waals surface area contributed by atoms with E-state index in [4.69, 9.17) is 9.72 Å². The Morgan fingerprint density at radius 2 is 1.69 bits per heavy atom. The minimum Gasteiger partial charge on any atom is -0.494 e. The molecule has 0 unspecified atom stereocenters. The highest BCUT2D eigenvalue weighted by Crippen LogP contribution is 2.26. The predicted molar refractivity (Wildman–Crippen MR) is 130 cm³/mol. The number of pyridine rings is 1. The second kappa shape index (κ2) is 10.1. The zero-order valence-corrected chi connectivity index (χ0v) is 18.5. The molecule has 0 bridgehead atoms. The van der Waals surface area contributed by atoms with Crippen molar-refractivity contribution in [2.45, 2.75) is 32.7 Å². The van der Waals surface area contributed by atoms with Gasteiger partial charge in [0.05, 0.1) is 23.4 Å². The number of hydrogen-bond acceptors (Lipinski definition) is 3. The Morgan fingerprint density at radius 3 is 2.44 bits per heavy atom. The number of nitrogens with zero attached hydrogens (tertiary/aromatic N) is 1. The summed E-state index contributed by atoms with van der Waals surface area (Å²) in [5.74, 6) is 0.749. The van der Waals surface area contributed by atoms with Gasteiger partial charge in [0.2, 0.25) is 0 Å². The van der Waals surface area contributed by atoms with Gasteiger partial charge in [-0.05, 0) is 68.7 Å². The molecule has 162 valence electrons. The third-order valence-corrected chi connectivity index (χ3v) is 5.51. The van der Waals surface area contributed by atoms with E-state index in [1.165, 1.54) is 5.56 Å². The molecule has 0 saturated heterocycles. The summed E-state index contributed by atoms with van der Waals surface area (Å²) < 4.78 is 5.54. The van der Waals surface area contributed by atoms with Gasteiger partial charge in [-0.15, -0.1) is 0 Å². The molecule has 0 fully saturated rings. The highest BCUT2D eigenvalue weighted by molar-refractivity contribution is 6.07. The zero-order chi connectivity index (χ0) is 22.3. The van der Waals surface area contributed by atoms with Crippen molar-refractivity contribution in [2.24, 2.45) is 0 Å². The number of nitrogens with one attached hydrogen (secondary N) is 1. The van der Waals surface area contributed by atoms with Gasteiger partial charge in [0.25, 0.3) is 5.91 Å². The number of fused-ring (bicyclic) bond motifs is 1. The summed E-state index contributed by atoms with van der Waals surface area (Å²) >= 11 is 0. The lowest BCUT2D eigenvalue weighted by Crippen LogP contribution is -2.33. The Labute approximate surface area is 189 Å². The molecule has 4 nitrogen and oxygen atoms in total. The first-order chi connectivity index (χ1) is 15.6. The van der Waals surface area contributed by atoms with Crippen LogP contribution in [0.3, 0.4) is 0 Å². The zero-order valence-electron chi connectivity index (χ0n) is 18.5. The first-order valence-electron chi connectivity index (χ1n) is 11.1. The van der Waals surface area contributed by atoms with Gasteiger partial charge in [0.1, 0.15) is 5.75 Å². The molecule has 1 heterocycles. The molecule has 0 spiro atoms. The Kier molecular flexibility index (Phi) is 6.81.